The van der Waals surface area contributed by atoms with Crippen molar-refractivity contribution in [1.82, 2.24) is 25.0 Å². The molecule has 8 nitrogen and oxygen atoms in total. The summed E-state index contributed by atoms with van der Waals surface area (Å²) < 4.78 is 14.9. The van der Waals surface area contributed by atoms with Gasteiger partial charge in [-0.05, 0) is 43.7 Å². The van der Waals surface area contributed by atoms with Crippen LogP contribution >= 0.6 is 0 Å². The van der Waals surface area contributed by atoms with E-state index in [0.29, 0.717) is 23.8 Å². The average Bonchev–Trinajstić information content (AvgIpc) is 3.31. The quantitative estimate of drug-likeness (QED) is 0.687. The number of amides is 2. The highest BCUT2D eigenvalue weighted by Gasteiger charge is 2.34. The molecule has 0 bridgehead atoms. The van der Waals surface area contributed by atoms with E-state index in [0.717, 1.165) is 31.1 Å². The van der Waals surface area contributed by atoms with Gasteiger partial charge in [-0.3, -0.25) is 19.3 Å². The second kappa shape index (κ2) is 10.7. The predicted octanol–water partition coefficient (Wildman–Crippen LogP) is 2.80. The van der Waals surface area contributed by atoms with E-state index in [1.165, 1.54) is 4.68 Å². The maximum absolute atomic E-state index is 13.5. The summed E-state index contributed by atoms with van der Waals surface area (Å²) in [5, 5.41) is 6.45. The standard InChI is InChI=1S/C12H13FN4O.C11H22N2O/c1-8(15-7-18)9-3-4-11(14-5-9)12-10(13)6-16-17(12)2;1-8-6-5-7-13(8)10(14)9(12)11(2,3)4/h3-8H,1-2H3,(H,15,18);8-9H,5-7,12H2,1-4H3. The second-order valence-electron chi connectivity index (χ2n) is 9.31. The third-order valence-electron chi connectivity index (χ3n) is 5.78. The number of nitrogens with two attached hydrogens (primary N) is 1. The van der Waals surface area contributed by atoms with Crippen molar-refractivity contribution in [2.75, 3.05) is 6.54 Å². The fourth-order valence-electron chi connectivity index (χ4n) is 3.51. The van der Waals surface area contributed by atoms with Gasteiger partial charge in [-0.25, -0.2) is 4.39 Å². The number of carbonyl (C=O) groups is 2. The van der Waals surface area contributed by atoms with Crippen LogP contribution in [0.4, 0.5) is 4.39 Å². The summed E-state index contributed by atoms with van der Waals surface area (Å²) in [6.45, 7) is 10.8. The van der Waals surface area contributed by atoms with Crippen molar-refractivity contribution in [2.45, 2.75) is 65.6 Å². The number of pyridine rings is 1. The van der Waals surface area contributed by atoms with Crippen LogP contribution in [0.2, 0.25) is 0 Å². The van der Waals surface area contributed by atoms with Crippen molar-refractivity contribution < 1.29 is 14.0 Å². The summed E-state index contributed by atoms with van der Waals surface area (Å²) in [6, 6.07) is 3.38. The Balaban J connectivity index is 0.000000235. The Hall–Kier alpha value is -2.81. The molecular formula is C23H35FN6O2. The molecule has 3 N–H and O–H groups in total. The number of nitrogens with zero attached hydrogens (tertiary/aromatic N) is 4. The number of halogens is 1. The molecule has 176 valence electrons. The van der Waals surface area contributed by atoms with E-state index in [1.54, 1.807) is 25.4 Å². The van der Waals surface area contributed by atoms with Crippen molar-refractivity contribution in [3.8, 4) is 11.4 Å². The van der Waals surface area contributed by atoms with Crippen molar-refractivity contribution in [3.05, 3.63) is 35.9 Å². The Labute approximate surface area is 189 Å². The Morgan fingerprint density at radius 3 is 2.47 bits per heavy atom. The van der Waals surface area contributed by atoms with E-state index in [2.05, 4.69) is 22.3 Å². The van der Waals surface area contributed by atoms with Gasteiger partial charge in [-0.15, -0.1) is 0 Å². The van der Waals surface area contributed by atoms with Crippen molar-refractivity contribution in [2.24, 2.45) is 18.2 Å². The molecule has 0 spiro atoms. The van der Waals surface area contributed by atoms with Crippen LogP contribution in [0.5, 0.6) is 0 Å². The molecule has 1 fully saturated rings. The van der Waals surface area contributed by atoms with Gasteiger partial charge in [0.05, 0.1) is 24.0 Å². The first kappa shape index (κ1) is 25.5. The molecule has 2 aromatic heterocycles. The molecular weight excluding hydrogens is 411 g/mol. The normalized spacial score (nSPS) is 17.9. The second-order valence-corrected chi connectivity index (χ2v) is 9.31. The fourth-order valence-corrected chi connectivity index (χ4v) is 3.51. The van der Waals surface area contributed by atoms with Gasteiger partial charge in [0.15, 0.2) is 5.82 Å². The lowest BCUT2D eigenvalue weighted by atomic mass is 9.86. The van der Waals surface area contributed by atoms with E-state index < -0.39 is 5.82 Å². The van der Waals surface area contributed by atoms with Crippen LogP contribution in [0.1, 0.15) is 59.1 Å². The van der Waals surface area contributed by atoms with Crippen LogP contribution in [0.25, 0.3) is 11.4 Å². The molecule has 0 radical (unpaired) electrons. The first-order valence-corrected chi connectivity index (χ1v) is 10.9. The van der Waals surface area contributed by atoms with Crippen molar-refractivity contribution in [3.63, 3.8) is 0 Å². The topological polar surface area (TPSA) is 106 Å². The SMILES string of the molecule is CC(NC=O)c1ccc(-c2c(F)cnn2C)nc1.CC1CCCN1C(=O)C(N)C(C)(C)C. The van der Waals surface area contributed by atoms with E-state index in [-0.39, 0.29) is 23.4 Å². The summed E-state index contributed by atoms with van der Waals surface area (Å²) in [5.41, 5.74) is 7.51. The van der Waals surface area contributed by atoms with Crippen LogP contribution in [-0.4, -0.2) is 50.6 Å². The van der Waals surface area contributed by atoms with E-state index in [9.17, 15) is 14.0 Å². The number of likely N-dealkylation sites (tertiary alicyclic amines) is 1. The molecule has 3 unspecified atom stereocenters. The summed E-state index contributed by atoms with van der Waals surface area (Å²) in [4.78, 5) is 28.5. The molecule has 0 aliphatic carbocycles. The average molecular weight is 447 g/mol. The fraction of sp³-hybridized carbons (Fsp3) is 0.565. The lowest BCUT2D eigenvalue weighted by Crippen LogP contribution is -2.51. The Bertz CT molecular complexity index is 883. The maximum atomic E-state index is 13.5. The van der Waals surface area contributed by atoms with Gasteiger partial charge in [-0.2, -0.15) is 5.10 Å². The molecule has 1 saturated heterocycles. The number of rotatable bonds is 5. The number of aromatic nitrogens is 3. The minimum Gasteiger partial charge on any atom is -0.352 e. The van der Waals surface area contributed by atoms with E-state index in [1.807, 2.05) is 32.6 Å². The van der Waals surface area contributed by atoms with Crippen LogP contribution in [-0.2, 0) is 16.6 Å². The Morgan fingerprint density at radius 2 is 2.03 bits per heavy atom. The molecule has 32 heavy (non-hydrogen) atoms. The first-order chi connectivity index (χ1) is 15.0. The third kappa shape index (κ3) is 6.12. The first-order valence-electron chi connectivity index (χ1n) is 10.9. The molecule has 3 rings (SSSR count). The van der Waals surface area contributed by atoms with Gasteiger partial charge in [0.1, 0.15) is 5.69 Å². The molecule has 2 aromatic rings. The largest absolute Gasteiger partial charge is 0.352 e. The number of carbonyl (C=O) groups excluding carboxylic acids is 2. The monoisotopic (exact) mass is 446 g/mol. The molecule has 1 aliphatic heterocycles. The number of aryl methyl sites for hydroxylation is 1. The van der Waals surface area contributed by atoms with Crippen molar-refractivity contribution >= 4 is 12.3 Å². The molecule has 2 amide bonds. The molecule has 3 heterocycles. The van der Waals surface area contributed by atoms with Crippen LogP contribution in [0.15, 0.2) is 24.5 Å². The smallest absolute Gasteiger partial charge is 0.240 e. The molecule has 9 heteroatoms. The number of hydrogen-bond acceptors (Lipinski definition) is 5. The highest BCUT2D eigenvalue weighted by molar-refractivity contribution is 5.83. The van der Waals surface area contributed by atoms with Crippen LogP contribution < -0.4 is 11.1 Å². The Kier molecular flexibility index (Phi) is 8.49. The molecule has 1 aliphatic rings. The zero-order chi connectivity index (χ0) is 24.1. The third-order valence-corrected chi connectivity index (χ3v) is 5.78. The summed E-state index contributed by atoms with van der Waals surface area (Å²) in [6.07, 6.45) is 5.64. The predicted molar refractivity (Wildman–Crippen MR) is 122 cm³/mol. The van der Waals surface area contributed by atoms with E-state index in [4.69, 9.17) is 5.73 Å². The van der Waals surface area contributed by atoms with Gasteiger partial charge in [0, 0.05) is 25.8 Å². The summed E-state index contributed by atoms with van der Waals surface area (Å²) >= 11 is 0. The maximum Gasteiger partial charge on any atom is 0.240 e. The zero-order valence-electron chi connectivity index (χ0n) is 19.8. The minimum absolute atomic E-state index is 0.113. The van der Waals surface area contributed by atoms with Crippen LogP contribution in [0.3, 0.4) is 0 Å². The van der Waals surface area contributed by atoms with Gasteiger partial charge in [-0.1, -0.05) is 26.8 Å². The van der Waals surface area contributed by atoms with E-state index >= 15 is 0 Å². The molecule has 0 saturated carbocycles. The lowest BCUT2D eigenvalue weighted by Gasteiger charge is -2.31. The Morgan fingerprint density at radius 1 is 1.34 bits per heavy atom. The van der Waals surface area contributed by atoms with Crippen molar-refractivity contribution in [1.29, 1.82) is 0 Å². The van der Waals surface area contributed by atoms with Gasteiger partial charge in [0.2, 0.25) is 12.3 Å². The highest BCUT2D eigenvalue weighted by atomic mass is 19.1. The van der Waals surface area contributed by atoms with Gasteiger partial charge >= 0.3 is 0 Å². The summed E-state index contributed by atoms with van der Waals surface area (Å²) in [7, 11) is 1.66. The van der Waals surface area contributed by atoms with Gasteiger partial charge < -0.3 is 16.0 Å². The highest BCUT2D eigenvalue weighted by Crippen LogP contribution is 2.24. The zero-order valence-corrected chi connectivity index (χ0v) is 19.8. The van der Waals surface area contributed by atoms with Gasteiger partial charge in [0.25, 0.3) is 0 Å². The molecule has 0 aromatic carbocycles. The number of nitrogens with one attached hydrogen (secondary N) is 1. The minimum atomic E-state index is -0.406. The number of hydrogen-bond donors (Lipinski definition) is 2. The lowest BCUT2D eigenvalue weighted by molar-refractivity contribution is -0.135. The summed E-state index contributed by atoms with van der Waals surface area (Å²) in [5.74, 6) is -0.292. The van der Waals surface area contributed by atoms with Crippen LogP contribution in [0, 0.1) is 11.2 Å². The molecule has 3 atom stereocenters.